The Morgan fingerprint density at radius 2 is 2.18 bits per heavy atom. The molecule has 1 rings (SSSR count). The van der Waals surface area contributed by atoms with Crippen LogP contribution in [0.4, 0.5) is 4.39 Å². The molecule has 0 bridgehead atoms. The lowest BCUT2D eigenvalue weighted by Gasteiger charge is -2.33. The van der Waals surface area contributed by atoms with Crippen LogP contribution in [0.1, 0.15) is 25.8 Å². The maximum atomic E-state index is 13.3. The Morgan fingerprint density at radius 3 is 2.65 bits per heavy atom. The van der Waals surface area contributed by atoms with Gasteiger partial charge in [0.2, 0.25) is 0 Å². The third kappa shape index (κ3) is 3.41. The molecule has 0 aliphatic carbocycles. The third-order valence-electron chi connectivity index (χ3n) is 3.39. The molecule has 17 heavy (non-hydrogen) atoms. The minimum Gasteiger partial charge on any atom is -0.377 e. The Balaban J connectivity index is 2.80. The lowest BCUT2D eigenvalue weighted by atomic mass is 9.89. The van der Waals surface area contributed by atoms with E-state index in [0.717, 1.165) is 12.0 Å². The second-order valence-corrected chi connectivity index (χ2v) is 4.84. The van der Waals surface area contributed by atoms with Gasteiger partial charge < -0.3 is 10.5 Å². The molecular weight excluding hydrogens is 241 g/mol. The van der Waals surface area contributed by atoms with Crippen molar-refractivity contribution in [2.75, 3.05) is 7.11 Å². The van der Waals surface area contributed by atoms with Crippen LogP contribution in [0.3, 0.4) is 0 Å². The van der Waals surface area contributed by atoms with Crippen LogP contribution >= 0.6 is 11.6 Å². The smallest absolute Gasteiger partial charge is 0.142 e. The van der Waals surface area contributed by atoms with E-state index in [1.165, 1.54) is 6.07 Å². The molecule has 4 heteroatoms. The van der Waals surface area contributed by atoms with Crippen LogP contribution in [-0.2, 0) is 11.2 Å². The van der Waals surface area contributed by atoms with Crippen LogP contribution in [0, 0.1) is 5.82 Å². The summed E-state index contributed by atoms with van der Waals surface area (Å²) in [6.07, 6.45) is 1.37. The Kier molecular flexibility index (Phi) is 4.92. The highest BCUT2D eigenvalue weighted by molar-refractivity contribution is 6.30. The van der Waals surface area contributed by atoms with Gasteiger partial charge in [0.15, 0.2) is 0 Å². The Hall–Kier alpha value is -0.640. The summed E-state index contributed by atoms with van der Waals surface area (Å²) in [5.41, 5.74) is 6.55. The molecule has 2 atom stereocenters. The molecule has 0 saturated carbocycles. The molecule has 2 unspecified atom stereocenters. The molecule has 0 heterocycles. The molecule has 2 N–H and O–H groups in total. The predicted octanol–water partition coefficient (Wildman–Crippen LogP) is 3.16. The summed E-state index contributed by atoms with van der Waals surface area (Å²) < 4.78 is 18.7. The average molecular weight is 260 g/mol. The normalized spacial score (nSPS) is 16.6. The van der Waals surface area contributed by atoms with Crippen molar-refractivity contribution >= 4 is 11.6 Å². The maximum Gasteiger partial charge on any atom is 0.142 e. The van der Waals surface area contributed by atoms with Crippen LogP contribution in [0.2, 0.25) is 5.02 Å². The van der Waals surface area contributed by atoms with Gasteiger partial charge in [-0.1, -0.05) is 24.6 Å². The number of hydrogen-bond acceptors (Lipinski definition) is 2. The van der Waals surface area contributed by atoms with Gasteiger partial charge in [-0.3, -0.25) is 0 Å². The number of ether oxygens (including phenoxy) is 1. The van der Waals surface area contributed by atoms with Crippen molar-refractivity contribution in [3.63, 3.8) is 0 Å². The first kappa shape index (κ1) is 14.4. The van der Waals surface area contributed by atoms with E-state index in [1.54, 1.807) is 19.2 Å². The minimum atomic E-state index is -0.410. The van der Waals surface area contributed by atoms with E-state index in [-0.39, 0.29) is 11.1 Å². The fourth-order valence-electron chi connectivity index (χ4n) is 1.69. The highest BCUT2D eigenvalue weighted by Crippen LogP contribution is 2.22. The number of halogens is 2. The van der Waals surface area contributed by atoms with Gasteiger partial charge in [-0.25, -0.2) is 4.39 Å². The van der Waals surface area contributed by atoms with Crippen molar-refractivity contribution in [2.45, 2.75) is 38.3 Å². The van der Waals surface area contributed by atoms with Crippen LogP contribution in [-0.4, -0.2) is 18.8 Å². The van der Waals surface area contributed by atoms with Gasteiger partial charge in [0.1, 0.15) is 5.82 Å². The number of methoxy groups -OCH3 is 1. The van der Waals surface area contributed by atoms with Gasteiger partial charge in [0.05, 0.1) is 10.6 Å². The van der Waals surface area contributed by atoms with Crippen molar-refractivity contribution in [1.82, 2.24) is 0 Å². The second-order valence-electron chi connectivity index (χ2n) is 4.43. The molecule has 96 valence electrons. The van der Waals surface area contributed by atoms with E-state index in [1.807, 2.05) is 13.8 Å². The zero-order valence-electron chi connectivity index (χ0n) is 10.5. The van der Waals surface area contributed by atoms with Crippen LogP contribution < -0.4 is 5.73 Å². The van der Waals surface area contributed by atoms with Crippen molar-refractivity contribution in [3.8, 4) is 0 Å². The molecule has 0 radical (unpaired) electrons. The summed E-state index contributed by atoms with van der Waals surface area (Å²) in [5.74, 6) is -0.410. The summed E-state index contributed by atoms with van der Waals surface area (Å²) in [5, 5.41) is 0.132. The van der Waals surface area contributed by atoms with E-state index < -0.39 is 11.4 Å². The number of hydrogen-bond donors (Lipinski definition) is 1. The second kappa shape index (κ2) is 5.80. The molecule has 0 fully saturated rings. The molecular formula is C13H19ClFNO. The van der Waals surface area contributed by atoms with E-state index >= 15 is 0 Å². The van der Waals surface area contributed by atoms with E-state index in [4.69, 9.17) is 22.1 Å². The first-order chi connectivity index (χ1) is 7.92. The summed E-state index contributed by atoms with van der Waals surface area (Å²) in [6.45, 7) is 3.98. The summed E-state index contributed by atoms with van der Waals surface area (Å²) in [4.78, 5) is 0. The van der Waals surface area contributed by atoms with Crippen molar-refractivity contribution in [3.05, 3.63) is 34.6 Å². The predicted molar refractivity (Wildman–Crippen MR) is 68.8 cm³/mol. The maximum absolute atomic E-state index is 13.3. The standard InChI is InChI=1S/C13H19ClFNO/c1-4-13(2,17-3)12(16)8-9-5-6-10(14)11(15)7-9/h5-7,12H,4,8,16H2,1-3H3. The molecule has 1 aromatic rings. The largest absolute Gasteiger partial charge is 0.377 e. The molecule has 0 aliphatic heterocycles. The average Bonchev–Trinajstić information content (AvgIpc) is 2.32. The topological polar surface area (TPSA) is 35.2 Å². The van der Waals surface area contributed by atoms with Crippen molar-refractivity contribution in [1.29, 1.82) is 0 Å². The molecule has 0 amide bonds. The molecule has 0 saturated heterocycles. The first-order valence-electron chi connectivity index (χ1n) is 5.67. The lowest BCUT2D eigenvalue weighted by molar-refractivity contribution is -0.0184. The van der Waals surface area contributed by atoms with E-state index in [9.17, 15) is 4.39 Å². The summed E-state index contributed by atoms with van der Waals surface area (Å²) in [7, 11) is 1.64. The van der Waals surface area contributed by atoms with Gasteiger partial charge in [-0.05, 0) is 37.5 Å². The van der Waals surface area contributed by atoms with Crippen LogP contribution in [0.5, 0.6) is 0 Å². The Morgan fingerprint density at radius 1 is 1.53 bits per heavy atom. The van der Waals surface area contributed by atoms with Gasteiger partial charge >= 0.3 is 0 Å². The Bertz CT molecular complexity index is 380. The lowest BCUT2D eigenvalue weighted by Crippen LogP contribution is -2.48. The number of rotatable bonds is 5. The fourth-order valence-corrected chi connectivity index (χ4v) is 1.81. The minimum absolute atomic E-state index is 0.132. The van der Waals surface area contributed by atoms with Gasteiger partial charge in [-0.15, -0.1) is 0 Å². The van der Waals surface area contributed by atoms with Gasteiger partial charge in [0, 0.05) is 13.2 Å². The zero-order chi connectivity index (χ0) is 13.1. The monoisotopic (exact) mass is 259 g/mol. The van der Waals surface area contributed by atoms with Gasteiger partial charge in [0.25, 0.3) is 0 Å². The van der Waals surface area contributed by atoms with Crippen LogP contribution in [0.25, 0.3) is 0 Å². The quantitative estimate of drug-likeness (QED) is 0.882. The molecule has 1 aromatic carbocycles. The SMILES string of the molecule is CCC(C)(OC)C(N)Cc1ccc(Cl)c(F)c1. The Labute approximate surface area is 107 Å². The molecule has 0 spiro atoms. The van der Waals surface area contributed by atoms with E-state index in [0.29, 0.717) is 6.42 Å². The number of nitrogens with two attached hydrogens (primary N) is 1. The van der Waals surface area contributed by atoms with Crippen molar-refractivity contribution < 1.29 is 9.13 Å². The van der Waals surface area contributed by atoms with Crippen LogP contribution in [0.15, 0.2) is 18.2 Å². The van der Waals surface area contributed by atoms with Gasteiger partial charge in [-0.2, -0.15) is 0 Å². The molecule has 0 aromatic heterocycles. The van der Waals surface area contributed by atoms with Crippen molar-refractivity contribution in [2.24, 2.45) is 5.73 Å². The van der Waals surface area contributed by atoms with E-state index in [2.05, 4.69) is 0 Å². The fraction of sp³-hybridized carbons (Fsp3) is 0.538. The highest BCUT2D eigenvalue weighted by atomic mass is 35.5. The molecule has 0 aliphatic rings. The highest BCUT2D eigenvalue weighted by Gasteiger charge is 2.29. The molecule has 2 nitrogen and oxygen atoms in total. The number of benzene rings is 1. The first-order valence-corrected chi connectivity index (χ1v) is 6.05. The third-order valence-corrected chi connectivity index (χ3v) is 3.70. The summed E-state index contributed by atoms with van der Waals surface area (Å²) >= 11 is 5.63. The zero-order valence-corrected chi connectivity index (χ0v) is 11.2. The summed E-state index contributed by atoms with van der Waals surface area (Å²) in [6, 6.07) is 4.58.